The molecule has 5 amide bonds. The van der Waals surface area contributed by atoms with Gasteiger partial charge in [0.1, 0.15) is 24.7 Å². The fourth-order valence-corrected chi connectivity index (χ4v) is 3.90. The number of carboxylic acids is 1. The second-order valence-electron chi connectivity index (χ2n) is 7.96. The van der Waals surface area contributed by atoms with Gasteiger partial charge < -0.3 is 41.7 Å². The van der Waals surface area contributed by atoms with Crippen LogP contribution in [0.15, 0.2) is 0 Å². The first kappa shape index (κ1) is 26.0. The van der Waals surface area contributed by atoms with Gasteiger partial charge in [0, 0.05) is 19.5 Å². The van der Waals surface area contributed by atoms with E-state index in [0.29, 0.717) is 19.4 Å². The minimum absolute atomic E-state index is 0.0231. The Morgan fingerprint density at radius 3 is 2.39 bits per heavy atom. The summed E-state index contributed by atoms with van der Waals surface area (Å²) in [6.45, 7) is 0.326. The summed E-state index contributed by atoms with van der Waals surface area (Å²) in [7, 11) is 0. The van der Waals surface area contributed by atoms with E-state index in [2.05, 4.69) is 16.0 Å². The molecule has 0 unspecified atom stereocenters. The molecule has 2 rings (SSSR count). The quantitative estimate of drug-likeness (QED) is 0.192. The normalized spacial score (nSPS) is 23.1. The number of carbonyl (C=O) groups is 6. The zero-order chi connectivity index (χ0) is 24.7. The fraction of sp³-hybridized carbons (Fsp3) is 0.684. The summed E-state index contributed by atoms with van der Waals surface area (Å²) in [5.41, 5.74) is 5.41. The number of carboxylic acid groups (broad SMARTS) is 1. The Bertz CT molecular complexity index is 805. The standard InChI is InChI=1S/C19H30N6O8/c1-10(17(31)22-8-16(29)30)23-14(27)7-21-18(32)13-5-11(26)9-25(13)19(33)12-3-2-4-24(12)15(28)6-20/h10-13,26H,2-9,20H2,1H3,(H,21,32)(H,22,31)(H,23,27)(H,29,30)/t10-,11+,12-,13-/m0/s1. The second kappa shape index (κ2) is 11.6. The number of aliphatic hydroxyl groups is 1. The first-order valence-corrected chi connectivity index (χ1v) is 10.6. The first-order valence-electron chi connectivity index (χ1n) is 10.6. The van der Waals surface area contributed by atoms with Gasteiger partial charge in [-0.15, -0.1) is 0 Å². The highest BCUT2D eigenvalue weighted by molar-refractivity contribution is 5.95. The lowest BCUT2D eigenvalue weighted by molar-refractivity contribution is -0.146. The van der Waals surface area contributed by atoms with Gasteiger partial charge >= 0.3 is 5.97 Å². The smallest absolute Gasteiger partial charge is 0.322 e. The number of nitrogens with zero attached hydrogens (tertiary/aromatic N) is 2. The molecule has 4 atom stereocenters. The van der Waals surface area contributed by atoms with Crippen LogP contribution in [0.5, 0.6) is 0 Å². The maximum absolute atomic E-state index is 13.0. The molecule has 7 N–H and O–H groups in total. The monoisotopic (exact) mass is 470 g/mol. The molecule has 0 spiro atoms. The number of aliphatic carboxylic acids is 1. The molecule has 0 aromatic heterocycles. The Kier molecular flexibility index (Phi) is 9.11. The van der Waals surface area contributed by atoms with Crippen molar-refractivity contribution in [1.82, 2.24) is 25.8 Å². The molecule has 33 heavy (non-hydrogen) atoms. The number of rotatable bonds is 9. The average molecular weight is 470 g/mol. The molecule has 14 nitrogen and oxygen atoms in total. The summed E-state index contributed by atoms with van der Waals surface area (Å²) in [6, 6.07) is -2.81. The molecule has 0 radical (unpaired) electrons. The van der Waals surface area contributed by atoms with E-state index in [9.17, 15) is 33.9 Å². The highest BCUT2D eigenvalue weighted by Crippen LogP contribution is 2.25. The summed E-state index contributed by atoms with van der Waals surface area (Å²) in [4.78, 5) is 74.6. The summed E-state index contributed by atoms with van der Waals surface area (Å²) >= 11 is 0. The number of amides is 5. The van der Waals surface area contributed by atoms with Crippen LogP contribution in [0.3, 0.4) is 0 Å². The lowest BCUT2D eigenvalue weighted by Gasteiger charge is -2.30. The molecule has 0 bridgehead atoms. The molecule has 2 heterocycles. The molecule has 0 aliphatic carbocycles. The molecule has 2 fully saturated rings. The largest absolute Gasteiger partial charge is 0.480 e. The number of aliphatic hydroxyl groups excluding tert-OH is 1. The number of hydrogen-bond acceptors (Lipinski definition) is 8. The highest BCUT2D eigenvalue weighted by Gasteiger charge is 2.44. The van der Waals surface area contributed by atoms with E-state index in [1.807, 2.05) is 0 Å². The third-order valence-electron chi connectivity index (χ3n) is 5.51. The van der Waals surface area contributed by atoms with Gasteiger partial charge in [-0.05, 0) is 19.8 Å². The number of carbonyl (C=O) groups excluding carboxylic acids is 5. The minimum atomic E-state index is -1.24. The number of β-amino-alcohol motifs (C(OH)–C–C–N with tert-alkyl or cyclic N) is 1. The van der Waals surface area contributed by atoms with Crippen molar-refractivity contribution in [3.63, 3.8) is 0 Å². The van der Waals surface area contributed by atoms with E-state index in [4.69, 9.17) is 10.8 Å². The van der Waals surface area contributed by atoms with Crippen LogP contribution in [0.25, 0.3) is 0 Å². The lowest BCUT2D eigenvalue weighted by Crippen LogP contribution is -2.54. The predicted octanol–water partition coefficient (Wildman–Crippen LogP) is -4.28. The summed E-state index contributed by atoms with van der Waals surface area (Å²) in [5, 5.41) is 25.4. The van der Waals surface area contributed by atoms with Gasteiger partial charge in [-0.2, -0.15) is 0 Å². The van der Waals surface area contributed by atoms with Crippen LogP contribution >= 0.6 is 0 Å². The SMILES string of the molecule is C[C@H](NC(=O)CNC(=O)[C@@H]1C[C@@H](O)CN1C(=O)[C@@H]1CCCN1C(=O)CN)C(=O)NCC(=O)O. The molecule has 0 aromatic carbocycles. The van der Waals surface area contributed by atoms with Crippen molar-refractivity contribution in [2.24, 2.45) is 5.73 Å². The van der Waals surface area contributed by atoms with Gasteiger partial charge in [-0.3, -0.25) is 28.8 Å². The lowest BCUT2D eigenvalue weighted by atomic mass is 10.1. The highest BCUT2D eigenvalue weighted by atomic mass is 16.4. The predicted molar refractivity (Wildman–Crippen MR) is 111 cm³/mol. The van der Waals surface area contributed by atoms with Crippen molar-refractivity contribution in [3.8, 4) is 0 Å². The Balaban J connectivity index is 1.91. The number of nitrogens with two attached hydrogens (primary N) is 1. The van der Waals surface area contributed by atoms with Gasteiger partial charge in [0.25, 0.3) is 0 Å². The van der Waals surface area contributed by atoms with Crippen molar-refractivity contribution >= 4 is 35.5 Å². The van der Waals surface area contributed by atoms with E-state index in [1.54, 1.807) is 0 Å². The van der Waals surface area contributed by atoms with Gasteiger partial charge in [0.05, 0.1) is 19.2 Å². The molecule has 0 saturated carbocycles. The zero-order valence-electron chi connectivity index (χ0n) is 18.3. The number of nitrogens with one attached hydrogen (secondary N) is 3. The van der Waals surface area contributed by atoms with Crippen molar-refractivity contribution in [2.45, 2.75) is 50.4 Å². The van der Waals surface area contributed by atoms with Gasteiger partial charge in [0.2, 0.25) is 29.5 Å². The number of likely N-dealkylation sites (tertiary alicyclic amines) is 2. The molecule has 2 saturated heterocycles. The van der Waals surface area contributed by atoms with Crippen molar-refractivity contribution in [2.75, 3.05) is 32.7 Å². The van der Waals surface area contributed by atoms with Crippen molar-refractivity contribution in [1.29, 1.82) is 0 Å². The topological polar surface area (TPSA) is 211 Å². The van der Waals surface area contributed by atoms with Crippen LogP contribution < -0.4 is 21.7 Å². The van der Waals surface area contributed by atoms with Gasteiger partial charge in [-0.25, -0.2) is 0 Å². The maximum atomic E-state index is 13.0. The second-order valence-corrected chi connectivity index (χ2v) is 7.96. The van der Waals surface area contributed by atoms with Crippen LogP contribution in [0.2, 0.25) is 0 Å². The van der Waals surface area contributed by atoms with Crippen molar-refractivity contribution < 1.29 is 39.0 Å². The molecule has 184 valence electrons. The summed E-state index contributed by atoms with van der Waals surface area (Å²) in [5.74, 6) is -4.13. The molecule has 14 heteroatoms. The number of hydrogen-bond donors (Lipinski definition) is 6. The Morgan fingerprint density at radius 1 is 1.06 bits per heavy atom. The van der Waals surface area contributed by atoms with Crippen LogP contribution in [-0.4, -0.2) is 112 Å². The molecular formula is C19H30N6O8. The van der Waals surface area contributed by atoms with Gasteiger partial charge in [-0.1, -0.05) is 0 Å². The van der Waals surface area contributed by atoms with E-state index in [-0.39, 0.29) is 25.4 Å². The Morgan fingerprint density at radius 2 is 1.76 bits per heavy atom. The fourth-order valence-electron chi connectivity index (χ4n) is 3.90. The van der Waals surface area contributed by atoms with E-state index in [0.717, 1.165) is 0 Å². The van der Waals surface area contributed by atoms with Crippen LogP contribution in [0.4, 0.5) is 0 Å². The zero-order valence-corrected chi connectivity index (χ0v) is 18.3. The van der Waals surface area contributed by atoms with Gasteiger partial charge in [0.15, 0.2) is 0 Å². The van der Waals surface area contributed by atoms with Crippen LogP contribution in [0.1, 0.15) is 26.2 Å². The van der Waals surface area contributed by atoms with E-state index >= 15 is 0 Å². The average Bonchev–Trinajstić information content (AvgIpc) is 3.41. The van der Waals surface area contributed by atoms with Crippen molar-refractivity contribution in [3.05, 3.63) is 0 Å². The van der Waals surface area contributed by atoms with Crippen LogP contribution in [-0.2, 0) is 28.8 Å². The Hall–Kier alpha value is -3.26. The molecule has 0 aromatic rings. The molecule has 2 aliphatic rings. The maximum Gasteiger partial charge on any atom is 0.322 e. The van der Waals surface area contributed by atoms with E-state index in [1.165, 1.54) is 16.7 Å². The Labute approximate surface area is 189 Å². The minimum Gasteiger partial charge on any atom is -0.480 e. The third-order valence-corrected chi connectivity index (χ3v) is 5.51. The van der Waals surface area contributed by atoms with E-state index < -0.39 is 66.9 Å². The summed E-state index contributed by atoms with van der Waals surface area (Å²) in [6.07, 6.45) is 0.0884. The first-order chi connectivity index (χ1) is 15.5. The molecule has 2 aliphatic heterocycles. The molecular weight excluding hydrogens is 440 g/mol. The summed E-state index contributed by atoms with van der Waals surface area (Å²) < 4.78 is 0. The third kappa shape index (κ3) is 6.86. The van der Waals surface area contributed by atoms with Crippen LogP contribution in [0, 0.1) is 0 Å².